The molecule has 146 valence electrons. The van der Waals surface area contributed by atoms with E-state index in [1.807, 2.05) is 13.8 Å². The number of aromatic nitrogens is 2. The van der Waals surface area contributed by atoms with E-state index < -0.39 is 28.9 Å². The van der Waals surface area contributed by atoms with Gasteiger partial charge in [0.25, 0.3) is 5.91 Å². The minimum Gasteiger partial charge on any atom is -0.469 e. The molecule has 1 rings (SSSR count). The van der Waals surface area contributed by atoms with Crippen molar-refractivity contribution >= 4 is 23.7 Å². The van der Waals surface area contributed by atoms with E-state index in [9.17, 15) is 14.4 Å². The number of hydrazine groups is 1. The molecule has 1 aromatic rings. The molecule has 9 heteroatoms. The molecule has 1 atom stereocenters. The lowest BCUT2D eigenvalue weighted by molar-refractivity contribution is -0.161. The fourth-order valence-corrected chi connectivity index (χ4v) is 2.10. The summed E-state index contributed by atoms with van der Waals surface area (Å²) in [6.45, 7) is 10.2. The molecule has 1 heterocycles. The van der Waals surface area contributed by atoms with Gasteiger partial charge in [-0.2, -0.15) is 0 Å². The van der Waals surface area contributed by atoms with Gasteiger partial charge in [-0.25, -0.2) is 15.8 Å². The first-order valence-corrected chi connectivity index (χ1v) is 8.21. The predicted molar refractivity (Wildman–Crippen MR) is 94.9 cm³/mol. The lowest BCUT2D eigenvalue weighted by Crippen LogP contribution is -2.45. The van der Waals surface area contributed by atoms with Crippen LogP contribution >= 0.6 is 0 Å². The number of carbonyl (C=O) groups is 3. The number of nitrogens with zero attached hydrogens (tertiary/aromatic N) is 3. The van der Waals surface area contributed by atoms with Crippen molar-refractivity contribution in [3.63, 3.8) is 0 Å². The fraction of sp³-hybridized carbons (Fsp3) is 0.647. The van der Waals surface area contributed by atoms with Crippen LogP contribution in [0.5, 0.6) is 0 Å². The van der Waals surface area contributed by atoms with Gasteiger partial charge in [0, 0.05) is 0 Å². The van der Waals surface area contributed by atoms with Crippen LogP contribution in [-0.4, -0.2) is 40.1 Å². The van der Waals surface area contributed by atoms with E-state index in [2.05, 4.69) is 9.72 Å². The number of anilines is 1. The van der Waals surface area contributed by atoms with Crippen LogP contribution in [0, 0.1) is 5.92 Å². The average molecular weight is 368 g/mol. The summed E-state index contributed by atoms with van der Waals surface area (Å²) >= 11 is 0. The van der Waals surface area contributed by atoms with E-state index in [1.54, 1.807) is 25.3 Å². The van der Waals surface area contributed by atoms with Gasteiger partial charge in [-0.1, -0.05) is 0 Å². The first-order valence-electron chi connectivity index (χ1n) is 8.21. The largest absolute Gasteiger partial charge is 0.469 e. The van der Waals surface area contributed by atoms with Gasteiger partial charge in [-0.15, -0.1) is 0 Å². The number of rotatable bonds is 6. The molecule has 1 unspecified atom stereocenters. The minimum atomic E-state index is -1.08. The maximum Gasteiger partial charge on any atom is 0.318 e. The van der Waals surface area contributed by atoms with Gasteiger partial charge in [-0.05, 0) is 41.5 Å². The zero-order chi connectivity index (χ0) is 20.3. The molecular weight excluding hydrogens is 340 g/mol. The SMILES string of the molecule is COC(=O)CC(C)(C)n1cnc(N(N)C(=O)C(C)C(=O)OC(C)(C)C)c1. The summed E-state index contributed by atoms with van der Waals surface area (Å²) in [5, 5.41) is 0.805. The van der Waals surface area contributed by atoms with Crippen LogP contribution < -0.4 is 10.9 Å². The van der Waals surface area contributed by atoms with E-state index in [0.29, 0.717) is 0 Å². The van der Waals surface area contributed by atoms with Gasteiger partial charge >= 0.3 is 11.9 Å². The number of carbonyl (C=O) groups excluding carboxylic acids is 3. The van der Waals surface area contributed by atoms with E-state index in [-0.39, 0.29) is 18.2 Å². The molecule has 9 nitrogen and oxygen atoms in total. The van der Waals surface area contributed by atoms with Crippen molar-refractivity contribution in [3.8, 4) is 0 Å². The van der Waals surface area contributed by atoms with Crippen LogP contribution in [0.15, 0.2) is 12.5 Å². The second-order valence-corrected chi connectivity index (χ2v) is 7.67. The third kappa shape index (κ3) is 5.55. The summed E-state index contributed by atoms with van der Waals surface area (Å²) in [4.78, 5) is 40.1. The molecule has 0 aromatic carbocycles. The summed E-state index contributed by atoms with van der Waals surface area (Å²) in [5.41, 5.74) is -1.33. The van der Waals surface area contributed by atoms with E-state index in [0.717, 1.165) is 5.01 Å². The van der Waals surface area contributed by atoms with E-state index >= 15 is 0 Å². The fourth-order valence-electron chi connectivity index (χ4n) is 2.10. The number of amides is 1. The maximum atomic E-state index is 12.4. The van der Waals surface area contributed by atoms with Crippen LogP contribution in [-0.2, 0) is 29.4 Å². The molecule has 0 radical (unpaired) electrons. The lowest BCUT2D eigenvalue weighted by Gasteiger charge is -2.25. The second-order valence-electron chi connectivity index (χ2n) is 7.67. The van der Waals surface area contributed by atoms with E-state index in [1.165, 1.54) is 26.6 Å². The molecule has 26 heavy (non-hydrogen) atoms. The van der Waals surface area contributed by atoms with Crippen molar-refractivity contribution in [3.05, 3.63) is 12.5 Å². The molecular formula is C17H28N4O5. The molecule has 2 N–H and O–H groups in total. The Bertz CT molecular complexity index is 675. The van der Waals surface area contributed by atoms with Crippen LogP contribution in [0.25, 0.3) is 0 Å². The molecule has 1 aromatic heterocycles. The highest BCUT2D eigenvalue weighted by atomic mass is 16.6. The number of esters is 2. The van der Waals surface area contributed by atoms with Gasteiger partial charge in [0.1, 0.15) is 11.5 Å². The summed E-state index contributed by atoms with van der Waals surface area (Å²) < 4.78 is 11.5. The highest BCUT2D eigenvalue weighted by molar-refractivity contribution is 6.04. The topological polar surface area (TPSA) is 117 Å². The third-order valence-electron chi connectivity index (χ3n) is 3.69. The van der Waals surface area contributed by atoms with Gasteiger partial charge in [0.05, 0.1) is 31.6 Å². The highest BCUT2D eigenvalue weighted by Crippen LogP contribution is 2.23. The van der Waals surface area contributed by atoms with Crippen molar-refractivity contribution < 1.29 is 23.9 Å². The van der Waals surface area contributed by atoms with Crippen molar-refractivity contribution in [2.24, 2.45) is 11.8 Å². The molecule has 0 spiro atoms. The Morgan fingerprint density at radius 2 is 1.85 bits per heavy atom. The van der Waals surface area contributed by atoms with Crippen molar-refractivity contribution in [2.75, 3.05) is 12.1 Å². The Labute approximate surface area is 153 Å². The number of methoxy groups -OCH3 is 1. The lowest BCUT2D eigenvalue weighted by atomic mass is 10.0. The number of hydrogen-bond donors (Lipinski definition) is 1. The first-order chi connectivity index (χ1) is 11.8. The van der Waals surface area contributed by atoms with Crippen LogP contribution in [0.1, 0.15) is 48.0 Å². The Morgan fingerprint density at radius 3 is 2.35 bits per heavy atom. The Hall–Kier alpha value is -2.42. The van der Waals surface area contributed by atoms with Crippen LogP contribution in [0.4, 0.5) is 5.82 Å². The van der Waals surface area contributed by atoms with Crippen LogP contribution in [0.3, 0.4) is 0 Å². The number of hydrogen-bond acceptors (Lipinski definition) is 7. The summed E-state index contributed by atoms with van der Waals surface area (Å²) in [6.07, 6.45) is 3.11. The van der Waals surface area contributed by atoms with Gasteiger partial charge in [0.2, 0.25) is 0 Å². The summed E-state index contributed by atoms with van der Waals surface area (Å²) in [7, 11) is 1.32. The minimum absolute atomic E-state index is 0.117. The summed E-state index contributed by atoms with van der Waals surface area (Å²) in [6, 6.07) is 0. The molecule has 0 aliphatic rings. The third-order valence-corrected chi connectivity index (χ3v) is 3.69. The highest BCUT2D eigenvalue weighted by Gasteiger charge is 2.32. The number of nitrogens with two attached hydrogens (primary N) is 1. The first kappa shape index (κ1) is 21.6. The zero-order valence-corrected chi connectivity index (χ0v) is 16.4. The molecule has 0 saturated heterocycles. The van der Waals surface area contributed by atoms with Gasteiger partial charge in [-0.3, -0.25) is 14.4 Å². The average Bonchev–Trinajstić information content (AvgIpc) is 3.01. The number of imidazole rings is 1. The molecule has 0 aliphatic carbocycles. The normalized spacial score (nSPS) is 13.1. The van der Waals surface area contributed by atoms with Crippen LogP contribution in [0.2, 0.25) is 0 Å². The van der Waals surface area contributed by atoms with Crippen molar-refractivity contribution in [2.45, 2.75) is 59.1 Å². The number of ether oxygens (including phenoxy) is 2. The van der Waals surface area contributed by atoms with Crippen molar-refractivity contribution in [1.82, 2.24) is 9.55 Å². The van der Waals surface area contributed by atoms with Crippen molar-refractivity contribution in [1.29, 1.82) is 0 Å². The molecule has 1 amide bonds. The summed E-state index contributed by atoms with van der Waals surface area (Å²) in [5.74, 6) is 3.24. The standard InChI is InChI=1S/C17H28N4O5/c1-11(15(24)26-16(2,3)4)14(23)21(18)12-9-20(10-19-12)17(5,6)8-13(22)25-7/h9-11H,8,18H2,1-7H3. The maximum absolute atomic E-state index is 12.4. The monoisotopic (exact) mass is 368 g/mol. The smallest absolute Gasteiger partial charge is 0.318 e. The molecule has 0 bridgehead atoms. The molecule has 0 fully saturated rings. The van der Waals surface area contributed by atoms with E-state index in [4.69, 9.17) is 10.6 Å². The quantitative estimate of drug-likeness (QED) is 0.265. The molecule has 0 aliphatic heterocycles. The van der Waals surface area contributed by atoms with Gasteiger partial charge in [0.15, 0.2) is 5.82 Å². The van der Waals surface area contributed by atoms with Gasteiger partial charge < -0.3 is 14.0 Å². The second kappa shape index (κ2) is 7.86. The Morgan fingerprint density at radius 1 is 1.27 bits per heavy atom. The zero-order valence-electron chi connectivity index (χ0n) is 16.4. The molecule has 0 saturated carbocycles. The Balaban J connectivity index is 2.90. The predicted octanol–water partition coefficient (Wildman–Crippen LogP) is 1.37. The Kier molecular flexibility index (Phi) is 6.54.